The number of amides is 1. The molecule has 0 bridgehead atoms. The summed E-state index contributed by atoms with van der Waals surface area (Å²) in [4.78, 5) is 11.0. The van der Waals surface area contributed by atoms with E-state index < -0.39 is 0 Å². The lowest BCUT2D eigenvalue weighted by molar-refractivity contribution is -0.121. The van der Waals surface area contributed by atoms with Gasteiger partial charge in [0.15, 0.2) is 5.11 Å². The largest absolute Gasteiger partial charge is 0.495 e. The fourth-order valence-corrected chi connectivity index (χ4v) is 1.48. The second-order valence-electron chi connectivity index (χ2n) is 3.33. The summed E-state index contributed by atoms with van der Waals surface area (Å²) in [6.45, 7) is 1.74. The smallest absolute Gasteiger partial charge is 0.238 e. The molecule has 0 radical (unpaired) electrons. The number of benzene rings is 1. The van der Waals surface area contributed by atoms with Crippen molar-refractivity contribution in [2.45, 2.75) is 13.3 Å². The summed E-state index contributed by atoms with van der Waals surface area (Å²) < 4.78 is 5.15. The molecule has 98 valence electrons. The Bertz CT molecular complexity index is 454. The lowest BCUT2D eigenvalue weighted by Gasteiger charge is -2.13. The van der Waals surface area contributed by atoms with Crippen LogP contribution in [-0.2, 0) is 4.79 Å². The summed E-state index contributed by atoms with van der Waals surface area (Å²) in [5.41, 5.74) is 5.63. The maximum absolute atomic E-state index is 11.0. The Morgan fingerprint density at radius 3 is 2.78 bits per heavy atom. The lowest BCUT2D eigenvalue weighted by atomic mass is 10.3. The predicted molar refractivity (Wildman–Crippen MR) is 75.8 cm³/mol. The number of hydrazine groups is 1. The molecule has 0 heterocycles. The van der Waals surface area contributed by atoms with E-state index in [2.05, 4.69) is 16.2 Å². The van der Waals surface area contributed by atoms with Crippen LogP contribution < -0.4 is 20.9 Å². The minimum absolute atomic E-state index is 0.155. The van der Waals surface area contributed by atoms with Gasteiger partial charge in [0.2, 0.25) is 5.91 Å². The SMILES string of the molecule is CCC(=O)NNC(=S)Nc1cc(Cl)ccc1OC. The van der Waals surface area contributed by atoms with Crippen LogP contribution in [0.3, 0.4) is 0 Å². The molecule has 0 aliphatic carbocycles. The Labute approximate surface area is 116 Å². The van der Waals surface area contributed by atoms with E-state index in [0.717, 1.165) is 0 Å². The highest BCUT2D eigenvalue weighted by atomic mass is 35.5. The Hall–Kier alpha value is -1.53. The molecule has 0 atom stereocenters. The molecule has 0 aliphatic rings. The zero-order valence-corrected chi connectivity index (χ0v) is 11.6. The van der Waals surface area contributed by atoms with E-state index in [0.29, 0.717) is 22.9 Å². The van der Waals surface area contributed by atoms with Crippen molar-refractivity contribution in [3.05, 3.63) is 23.2 Å². The van der Waals surface area contributed by atoms with E-state index >= 15 is 0 Å². The van der Waals surface area contributed by atoms with Crippen LogP contribution in [-0.4, -0.2) is 18.1 Å². The third-order valence-corrected chi connectivity index (χ3v) is 2.49. The van der Waals surface area contributed by atoms with Crippen molar-refractivity contribution >= 4 is 40.5 Å². The zero-order valence-electron chi connectivity index (χ0n) is 10.0. The first-order valence-corrected chi connectivity index (χ1v) is 6.04. The van der Waals surface area contributed by atoms with Gasteiger partial charge in [-0.1, -0.05) is 18.5 Å². The first-order chi connectivity index (χ1) is 8.56. The molecule has 18 heavy (non-hydrogen) atoms. The summed E-state index contributed by atoms with van der Waals surface area (Å²) in [6, 6.07) is 5.11. The lowest BCUT2D eigenvalue weighted by Crippen LogP contribution is -2.43. The number of ether oxygens (including phenoxy) is 1. The van der Waals surface area contributed by atoms with Gasteiger partial charge in [-0.3, -0.25) is 15.6 Å². The van der Waals surface area contributed by atoms with Gasteiger partial charge in [-0.05, 0) is 30.4 Å². The number of carbonyl (C=O) groups excluding carboxylic acids is 1. The maximum atomic E-state index is 11.0. The molecular weight excluding hydrogens is 274 g/mol. The van der Waals surface area contributed by atoms with Crippen molar-refractivity contribution in [3.8, 4) is 5.75 Å². The molecule has 0 unspecified atom stereocenters. The van der Waals surface area contributed by atoms with Crippen LogP contribution in [0.25, 0.3) is 0 Å². The van der Waals surface area contributed by atoms with E-state index in [1.807, 2.05) is 0 Å². The van der Waals surface area contributed by atoms with Gasteiger partial charge in [-0.25, -0.2) is 0 Å². The van der Waals surface area contributed by atoms with E-state index in [4.69, 9.17) is 28.6 Å². The molecule has 1 amide bonds. The maximum Gasteiger partial charge on any atom is 0.238 e. The molecule has 0 aliphatic heterocycles. The van der Waals surface area contributed by atoms with Crippen molar-refractivity contribution in [1.82, 2.24) is 10.9 Å². The third kappa shape index (κ3) is 4.38. The number of methoxy groups -OCH3 is 1. The van der Waals surface area contributed by atoms with Crippen molar-refractivity contribution in [3.63, 3.8) is 0 Å². The number of carbonyl (C=O) groups is 1. The highest BCUT2D eigenvalue weighted by Gasteiger charge is 2.06. The predicted octanol–water partition coefficient (Wildman–Crippen LogP) is 2.08. The molecule has 1 aromatic rings. The van der Waals surface area contributed by atoms with E-state index in [9.17, 15) is 4.79 Å². The third-order valence-electron chi connectivity index (χ3n) is 2.05. The van der Waals surface area contributed by atoms with Gasteiger partial charge in [-0.15, -0.1) is 0 Å². The molecule has 0 spiro atoms. The Kier molecular flexibility index (Phi) is 5.67. The summed E-state index contributed by atoms with van der Waals surface area (Å²) in [5, 5.41) is 3.68. The van der Waals surface area contributed by atoms with Gasteiger partial charge in [0.05, 0.1) is 12.8 Å². The van der Waals surface area contributed by atoms with Crippen molar-refractivity contribution in [1.29, 1.82) is 0 Å². The number of hydrogen-bond donors (Lipinski definition) is 3. The van der Waals surface area contributed by atoms with Gasteiger partial charge in [0.25, 0.3) is 0 Å². The van der Waals surface area contributed by atoms with Gasteiger partial charge in [-0.2, -0.15) is 0 Å². The minimum atomic E-state index is -0.155. The quantitative estimate of drug-likeness (QED) is 0.587. The number of halogens is 1. The number of hydrogen-bond acceptors (Lipinski definition) is 3. The van der Waals surface area contributed by atoms with E-state index in [1.165, 1.54) is 0 Å². The van der Waals surface area contributed by atoms with E-state index in [-0.39, 0.29) is 11.0 Å². The summed E-state index contributed by atoms with van der Waals surface area (Å²) >= 11 is 10.9. The van der Waals surface area contributed by atoms with Crippen LogP contribution in [0.1, 0.15) is 13.3 Å². The monoisotopic (exact) mass is 287 g/mol. The van der Waals surface area contributed by atoms with Crippen molar-refractivity contribution in [2.24, 2.45) is 0 Å². The number of thiocarbonyl (C=S) groups is 1. The van der Waals surface area contributed by atoms with Gasteiger partial charge in [0, 0.05) is 11.4 Å². The molecule has 1 aromatic carbocycles. The first-order valence-electron chi connectivity index (χ1n) is 5.26. The van der Waals surface area contributed by atoms with Gasteiger partial charge >= 0.3 is 0 Å². The average molecular weight is 288 g/mol. The highest BCUT2D eigenvalue weighted by molar-refractivity contribution is 7.80. The van der Waals surface area contributed by atoms with Crippen LogP contribution >= 0.6 is 23.8 Å². The first kappa shape index (κ1) is 14.5. The highest BCUT2D eigenvalue weighted by Crippen LogP contribution is 2.27. The minimum Gasteiger partial charge on any atom is -0.495 e. The fraction of sp³-hybridized carbons (Fsp3) is 0.273. The second-order valence-corrected chi connectivity index (χ2v) is 4.17. The molecule has 3 N–H and O–H groups in total. The number of rotatable bonds is 3. The molecule has 0 saturated heterocycles. The number of anilines is 1. The Morgan fingerprint density at radius 1 is 1.44 bits per heavy atom. The van der Waals surface area contributed by atoms with Crippen molar-refractivity contribution in [2.75, 3.05) is 12.4 Å². The average Bonchev–Trinajstić information content (AvgIpc) is 2.36. The van der Waals surface area contributed by atoms with E-state index in [1.54, 1.807) is 32.2 Å². The molecule has 5 nitrogen and oxygen atoms in total. The molecule has 7 heteroatoms. The van der Waals surface area contributed by atoms with Crippen LogP contribution in [0, 0.1) is 0 Å². The normalized spacial score (nSPS) is 9.50. The van der Waals surface area contributed by atoms with Crippen molar-refractivity contribution < 1.29 is 9.53 Å². The summed E-state index contributed by atoms with van der Waals surface area (Å²) in [7, 11) is 1.55. The Morgan fingerprint density at radius 2 is 2.17 bits per heavy atom. The van der Waals surface area contributed by atoms with Crippen LogP contribution in [0.2, 0.25) is 5.02 Å². The molecule has 0 aromatic heterocycles. The van der Waals surface area contributed by atoms with Crippen LogP contribution in [0.5, 0.6) is 5.75 Å². The van der Waals surface area contributed by atoms with Gasteiger partial charge in [0.1, 0.15) is 5.75 Å². The molecule has 0 fully saturated rings. The second kappa shape index (κ2) is 7.03. The topological polar surface area (TPSA) is 62.4 Å². The summed E-state index contributed by atoms with van der Waals surface area (Å²) in [5.74, 6) is 0.447. The Balaban J connectivity index is 2.63. The molecular formula is C11H14ClN3O2S. The molecule has 0 saturated carbocycles. The fourth-order valence-electron chi connectivity index (χ4n) is 1.15. The summed E-state index contributed by atoms with van der Waals surface area (Å²) in [6.07, 6.45) is 0.371. The zero-order chi connectivity index (χ0) is 13.5. The standard InChI is InChI=1S/C11H14ClN3O2S/c1-3-10(16)14-15-11(18)13-8-6-7(12)4-5-9(8)17-2/h4-6H,3H2,1-2H3,(H,14,16)(H2,13,15,18). The molecule has 1 rings (SSSR count). The van der Waals surface area contributed by atoms with Gasteiger partial charge < -0.3 is 10.1 Å². The van der Waals surface area contributed by atoms with Crippen LogP contribution in [0.15, 0.2) is 18.2 Å². The van der Waals surface area contributed by atoms with Crippen LogP contribution in [0.4, 0.5) is 5.69 Å². The number of nitrogens with one attached hydrogen (secondary N) is 3.